The highest BCUT2D eigenvalue weighted by molar-refractivity contribution is 5.92. The quantitative estimate of drug-likeness (QED) is 0.327. The van der Waals surface area contributed by atoms with Crippen LogP contribution in [0.4, 0.5) is 0 Å². The summed E-state index contributed by atoms with van der Waals surface area (Å²) in [5, 5.41) is 6.06. The Labute approximate surface area is 75.3 Å². The molecule has 0 unspecified atom stereocenters. The molecule has 1 aromatic rings. The Hall–Kier alpha value is -2.11. The maximum atomic E-state index is 10.4. The number of primary amides is 1. The predicted molar refractivity (Wildman–Crippen MR) is 48.9 cm³/mol. The number of hydrogen-bond acceptors (Lipinski definition) is 3. The fraction of sp³-hybridized carbons (Fsp3) is 0. The number of pyridine rings is 1. The van der Waals surface area contributed by atoms with E-state index in [1.165, 1.54) is 6.20 Å². The fourth-order valence-electron chi connectivity index (χ4n) is 0.509. The van der Waals surface area contributed by atoms with E-state index >= 15 is 0 Å². The first kappa shape index (κ1) is 10.9. The number of nitrogens with one attached hydrogen (secondary N) is 1. The van der Waals surface area contributed by atoms with Gasteiger partial charge in [-0.1, -0.05) is 0 Å². The van der Waals surface area contributed by atoms with Gasteiger partial charge >= 0.3 is 0 Å². The van der Waals surface area contributed by atoms with Gasteiger partial charge in [0, 0.05) is 12.4 Å². The van der Waals surface area contributed by atoms with Crippen molar-refractivity contribution in [1.29, 1.82) is 5.41 Å². The third-order valence-corrected chi connectivity index (χ3v) is 0.946. The summed E-state index contributed by atoms with van der Waals surface area (Å²) >= 11 is 0. The zero-order valence-electron chi connectivity index (χ0n) is 6.90. The Morgan fingerprint density at radius 3 is 2.15 bits per heavy atom. The summed E-state index contributed by atoms with van der Waals surface area (Å²) < 4.78 is 0. The smallest absolute Gasteiger partial charge is 0.250 e. The average Bonchev–Trinajstić information content (AvgIpc) is 2.05. The van der Waals surface area contributed by atoms with Crippen molar-refractivity contribution in [3.63, 3.8) is 0 Å². The Balaban J connectivity index is 0.000000310. The molecule has 0 atom stereocenters. The number of guanidine groups is 1. The van der Waals surface area contributed by atoms with Crippen LogP contribution in [0.1, 0.15) is 10.4 Å². The van der Waals surface area contributed by atoms with E-state index in [0.717, 1.165) is 0 Å². The lowest BCUT2D eigenvalue weighted by atomic mass is 10.3. The molecule has 0 fully saturated rings. The van der Waals surface area contributed by atoms with E-state index in [9.17, 15) is 4.79 Å². The molecular weight excluding hydrogens is 170 g/mol. The fourth-order valence-corrected chi connectivity index (χ4v) is 0.509. The van der Waals surface area contributed by atoms with Crippen LogP contribution in [0.5, 0.6) is 0 Å². The Bertz CT molecular complexity index is 280. The molecule has 7 N–H and O–H groups in total. The largest absolute Gasteiger partial charge is 0.370 e. The SMILES string of the molecule is N=C(N)N.NC(=O)c1cccnc1. The van der Waals surface area contributed by atoms with Crippen LogP contribution in [0, 0.1) is 5.41 Å². The molecule has 0 aromatic carbocycles. The zero-order valence-corrected chi connectivity index (χ0v) is 6.90. The van der Waals surface area contributed by atoms with Gasteiger partial charge < -0.3 is 17.2 Å². The van der Waals surface area contributed by atoms with E-state index in [4.69, 9.17) is 11.1 Å². The summed E-state index contributed by atoms with van der Waals surface area (Å²) in [6.45, 7) is 0. The molecule has 1 amide bonds. The van der Waals surface area contributed by atoms with Crippen LogP contribution < -0.4 is 17.2 Å². The number of amides is 1. The number of nitrogens with zero attached hydrogens (tertiary/aromatic N) is 1. The molecule has 70 valence electrons. The molecule has 0 spiro atoms. The topological polar surface area (TPSA) is 132 Å². The van der Waals surface area contributed by atoms with Crippen molar-refractivity contribution in [3.8, 4) is 0 Å². The number of rotatable bonds is 1. The summed E-state index contributed by atoms with van der Waals surface area (Å²) in [6.07, 6.45) is 3.02. The van der Waals surface area contributed by atoms with Crippen molar-refractivity contribution in [2.24, 2.45) is 17.2 Å². The second-order valence-corrected chi connectivity index (χ2v) is 2.06. The van der Waals surface area contributed by atoms with Crippen LogP contribution in [0.15, 0.2) is 24.5 Å². The number of nitrogens with two attached hydrogens (primary N) is 3. The van der Waals surface area contributed by atoms with E-state index in [-0.39, 0.29) is 5.96 Å². The van der Waals surface area contributed by atoms with E-state index < -0.39 is 5.91 Å². The molecule has 1 heterocycles. The van der Waals surface area contributed by atoms with Crippen molar-refractivity contribution in [3.05, 3.63) is 30.1 Å². The molecule has 0 aliphatic carbocycles. The summed E-state index contributed by atoms with van der Waals surface area (Å²) in [5.41, 5.74) is 14.3. The molecule has 0 aliphatic heterocycles. The number of carbonyl (C=O) groups is 1. The van der Waals surface area contributed by atoms with Crippen molar-refractivity contribution < 1.29 is 4.79 Å². The molecule has 0 bridgehead atoms. The van der Waals surface area contributed by atoms with Crippen LogP contribution >= 0.6 is 0 Å². The lowest BCUT2D eigenvalue weighted by molar-refractivity contribution is 0.1000. The Morgan fingerprint density at radius 2 is 1.92 bits per heavy atom. The summed E-state index contributed by atoms with van der Waals surface area (Å²) in [4.78, 5) is 14.1. The summed E-state index contributed by atoms with van der Waals surface area (Å²) in [7, 11) is 0. The molecule has 13 heavy (non-hydrogen) atoms. The van der Waals surface area contributed by atoms with Crippen LogP contribution in [0.25, 0.3) is 0 Å². The van der Waals surface area contributed by atoms with Gasteiger partial charge in [-0.25, -0.2) is 0 Å². The maximum absolute atomic E-state index is 10.4. The average molecular weight is 181 g/mol. The first-order valence-electron chi connectivity index (χ1n) is 3.33. The Kier molecular flexibility index (Phi) is 4.63. The number of carbonyl (C=O) groups excluding carboxylic acids is 1. The van der Waals surface area contributed by atoms with E-state index in [1.54, 1.807) is 18.3 Å². The maximum Gasteiger partial charge on any atom is 0.250 e. The van der Waals surface area contributed by atoms with Crippen LogP contribution in [-0.2, 0) is 0 Å². The van der Waals surface area contributed by atoms with E-state index in [0.29, 0.717) is 5.56 Å². The van der Waals surface area contributed by atoms with Crippen molar-refractivity contribution in [2.75, 3.05) is 0 Å². The minimum absolute atomic E-state index is 0.333. The van der Waals surface area contributed by atoms with Gasteiger partial charge in [0.25, 0.3) is 0 Å². The third-order valence-electron chi connectivity index (χ3n) is 0.946. The normalized spacial score (nSPS) is 8.00. The lowest BCUT2D eigenvalue weighted by Gasteiger charge is -1.88. The molecule has 1 aromatic heterocycles. The van der Waals surface area contributed by atoms with Gasteiger partial charge in [-0.05, 0) is 12.1 Å². The van der Waals surface area contributed by atoms with Gasteiger partial charge in [0.1, 0.15) is 0 Å². The van der Waals surface area contributed by atoms with Crippen LogP contribution in [-0.4, -0.2) is 16.9 Å². The van der Waals surface area contributed by atoms with Gasteiger partial charge in [-0.3, -0.25) is 15.2 Å². The predicted octanol–water partition coefficient (Wildman–Crippen LogP) is -0.981. The first-order valence-corrected chi connectivity index (χ1v) is 3.33. The number of hydrogen-bond donors (Lipinski definition) is 4. The highest BCUT2D eigenvalue weighted by Gasteiger charge is 1.94. The van der Waals surface area contributed by atoms with Gasteiger partial charge in [0.15, 0.2) is 5.96 Å². The highest BCUT2D eigenvalue weighted by atomic mass is 16.1. The molecule has 0 aliphatic rings. The van der Waals surface area contributed by atoms with Crippen LogP contribution in [0.2, 0.25) is 0 Å². The second-order valence-electron chi connectivity index (χ2n) is 2.06. The van der Waals surface area contributed by atoms with E-state index in [1.807, 2.05) is 0 Å². The van der Waals surface area contributed by atoms with Gasteiger partial charge in [-0.2, -0.15) is 0 Å². The molecule has 0 radical (unpaired) electrons. The van der Waals surface area contributed by atoms with Crippen molar-refractivity contribution in [1.82, 2.24) is 4.98 Å². The molecule has 0 saturated carbocycles. The van der Waals surface area contributed by atoms with Gasteiger partial charge in [-0.15, -0.1) is 0 Å². The standard InChI is InChI=1S/C6H6N2O.CH5N3/c7-6(9)5-2-1-3-8-4-5;2-1(3)4/h1-4H,(H2,7,9);(H5,2,3,4). The van der Waals surface area contributed by atoms with Gasteiger partial charge in [0.2, 0.25) is 5.91 Å². The molecule has 6 heteroatoms. The monoisotopic (exact) mass is 181 g/mol. The Morgan fingerprint density at radius 1 is 1.38 bits per heavy atom. The molecular formula is C7H11N5O. The van der Waals surface area contributed by atoms with Gasteiger partial charge in [0.05, 0.1) is 5.56 Å². The third kappa shape index (κ3) is 6.29. The van der Waals surface area contributed by atoms with Crippen LogP contribution in [0.3, 0.4) is 0 Å². The summed E-state index contributed by atoms with van der Waals surface area (Å²) in [6, 6.07) is 3.29. The van der Waals surface area contributed by atoms with Crippen molar-refractivity contribution >= 4 is 11.9 Å². The van der Waals surface area contributed by atoms with Crippen molar-refractivity contribution in [2.45, 2.75) is 0 Å². The van der Waals surface area contributed by atoms with E-state index in [2.05, 4.69) is 16.5 Å². The number of aromatic nitrogens is 1. The minimum atomic E-state index is -0.442. The zero-order chi connectivity index (χ0) is 10.3. The lowest BCUT2D eigenvalue weighted by Crippen LogP contribution is -2.20. The molecule has 6 nitrogen and oxygen atoms in total. The molecule has 1 rings (SSSR count). The summed E-state index contributed by atoms with van der Waals surface area (Å²) in [5.74, 6) is -0.775. The minimum Gasteiger partial charge on any atom is -0.370 e. The molecule has 0 saturated heterocycles. The first-order chi connectivity index (χ1) is 6.04. The highest BCUT2D eigenvalue weighted by Crippen LogP contribution is 1.91. The second kappa shape index (κ2) is 5.53.